The highest BCUT2D eigenvalue weighted by Crippen LogP contribution is 2.42. The summed E-state index contributed by atoms with van der Waals surface area (Å²) >= 11 is 0. The first-order valence-electron chi connectivity index (χ1n) is 8.66. The Labute approximate surface area is 136 Å². The minimum Gasteiger partial charge on any atom is -0.449 e. The molecule has 0 fully saturated rings. The highest BCUT2D eigenvalue weighted by Gasteiger charge is 2.34. The summed E-state index contributed by atoms with van der Waals surface area (Å²) in [6.07, 6.45) is 4.03. The van der Waals surface area contributed by atoms with Crippen molar-refractivity contribution >= 4 is 17.6 Å². The van der Waals surface area contributed by atoms with Crippen LogP contribution in [-0.4, -0.2) is 38.2 Å². The molecule has 0 bridgehead atoms. The molecule has 1 unspecified atom stereocenters. The first-order chi connectivity index (χ1) is 11.3. The van der Waals surface area contributed by atoms with E-state index in [-0.39, 0.29) is 6.09 Å². The maximum Gasteiger partial charge on any atom is 0.414 e. The largest absolute Gasteiger partial charge is 0.449 e. The molecule has 1 amide bonds. The lowest BCUT2D eigenvalue weighted by molar-refractivity contribution is 0.160. The first-order valence-corrected chi connectivity index (χ1v) is 8.66. The molecule has 2 aliphatic heterocycles. The zero-order valence-electron chi connectivity index (χ0n) is 13.6. The quantitative estimate of drug-likeness (QED) is 0.913. The van der Waals surface area contributed by atoms with Gasteiger partial charge in [0, 0.05) is 19.0 Å². The number of carbonyl (C=O) groups is 1. The molecule has 23 heavy (non-hydrogen) atoms. The van der Waals surface area contributed by atoms with E-state index in [2.05, 4.69) is 22.4 Å². The summed E-state index contributed by atoms with van der Waals surface area (Å²) in [7, 11) is 0. The Bertz CT molecular complexity index is 668. The SMILES string of the molecule is CCOC(=O)N1CCc2ccc3c(c21)CCCC3C1=NCCN1. The van der Waals surface area contributed by atoms with Gasteiger partial charge in [0.15, 0.2) is 0 Å². The fourth-order valence-electron chi connectivity index (χ4n) is 4.13. The number of anilines is 1. The van der Waals surface area contributed by atoms with E-state index in [0.29, 0.717) is 12.5 Å². The number of ether oxygens (including phenoxy) is 1. The lowest BCUT2D eigenvalue weighted by Crippen LogP contribution is -2.32. The van der Waals surface area contributed by atoms with Crippen LogP contribution in [0.1, 0.15) is 42.4 Å². The van der Waals surface area contributed by atoms with Crippen molar-refractivity contribution in [1.29, 1.82) is 0 Å². The van der Waals surface area contributed by atoms with Crippen molar-refractivity contribution in [1.82, 2.24) is 5.32 Å². The number of amides is 1. The van der Waals surface area contributed by atoms with Crippen molar-refractivity contribution in [3.05, 3.63) is 28.8 Å². The Morgan fingerprint density at radius 3 is 3.13 bits per heavy atom. The molecule has 0 saturated heterocycles. The van der Waals surface area contributed by atoms with Gasteiger partial charge in [0.1, 0.15) is 5.84 Å². The zero-order chi connectivity index (χ0) is 15.8. The average Bonchev–Trinajstić information content (AvgIpc) is 3.24. The number of fused-ring (bicyclic) bond motifs is 3. The van der Waals surface area contributed by atoms with Gasteiger partial charge in [-0.2, -0.15) is 0 Å². The van der Waals surface area contributed by atoms with E-state index in [4.69, 9.17) is 4.74 Å². The average molecular weight is 313 g/mol. The van der Waals surface area contributed by atoms with Gasteiger partial charge in [-0.25, -0.2) is 4.79 Å². The van der Waals surface area contributed by atoms with Crippen LogP contribution in [0.2, 0.25) is 0 Å². The number of rotatable bonds is 2. The predicted octanol–water partition coefficient (Wildman–Crippen LogP) is 2.63. The highest BCUT2D eigenvalue weighted by atomic mass is 16.6. The molecule has 1 N–H and O–H groups in total. The summed E-state index contributed by atoms with van der Waals surface area (Å²) in [5.74, 6) is 1.49. The maximum absolute atomic E-state index is 12.3. The number of amidine groups is 1. The van der Waals surface area contributed by atoms with E-state index in [1.165, 1.54) is 16.7 Å². The smallest absolute Gasteiger partial charge is 0.414 e. The molecule has 1 aromatic carbocycles. The Hall–Kier alpha value is -2.04. The maximum atomic E-state index is 12.3. The standard InChI is InChI=1S/C18H23N3O2/c1-2-23-18(22)21-11-8-12-6-7-13-14(16(12)21)4-3-5-15(13)17-19-9-10-20-17/h6-7,15H,2-5,8-11H2,1H3,(H,19,20). The van der Waals surface area contributed by atoms with Crippen LogP contribution in [0.25, 0.3) is 0 Å². The van der Waals surface area contributed by atoms with Crippen molar-refractivity contribution in [2.45, 2.75) is 38.5 Å². The van der Waals surface area contributed by atoms with E-state index in [1.54, 1.807) is 0 Å². The van der Waals surface area contributed by atoms with Gasteiger partial charge < -0.3 is 10.1 Å². The third kappa shape index (κ3) is 2.38. The molecule has 4 rings (SSSR count). The third-order valence-corrected chi connectivity index (χ3v) is 5.09. The number of hydrogen-bond donors (Lipinski definition) is 1. The molecule has 3 aliphatic rings. The number of aliphatic imine (C=N–C) groups is 1. The van der Waals surface area contributed by atoms with Crippen molar-refractivity contribution in [2.75, 3.05) is 31.1 Å². The Kier molecular flexibility index (Phi) is 3.71. The molecule has 0 spiro atoms. The summed E-state index contributed by atoms with van der Waals surface area (Å²) in [5, 5.41) is 3.43. The number of carbonyl (C=O) groups excluding carboxylic acids is 1. The molecule has 2 heterocycles. The zero-order valence-corrected chi connectivity index (χ0v) is 13.6. The van der Waals surface area contributed by atoms with Crippen molar-refractivity contribution < 1.29 is 9.53 Å². The van der Waals surface area contributed by atoms with Crippen LogP contribution in [0.4, 0.5) is 10.5 Å². The number of nitrogens with one attached hydrogen (secondary N) is 1. The van der Waals surface area contributed by atoms with Gasteiger partial charge in [0.25, 0.3) is 0 Å². The van der Waals surface area contributed by atoms with Gasteiger partial charge in [-0.05, 0) is 49.3 Å². The molecule has 122 valence electrons. The summed E-state index contributed by atoms with van der Waals surface area (Å²) in [4.78, 5) is 18.8. The van der Waals surface area contributed by atoms with Crippen LogP contribution in [0.5, 0.6) is 0 Å². The summed E-state index contributed by atoms with van der Waals surface area (Å²) in [6, 6.07) is 4.45. The second kappa shape index (κ2) is 5.87. The Balaban J connectivity index is 1.75. The lowest BCUT2D eigenvalue weighted by atomic mass is 9.80. The van der Waals surface area contributed by atoms with Crippen molar-refractivity contribution in [3.63, 3.8) is 0 Å². The summed E-state index contributed by atoms with van der Waals surface area (Å²) in [5.41, 5.74) is 5.07. The molecular weight excluding hydrogens is 290 g/mol. The summed E-state index contributed by atoms with van der Waals surface area (Å²) in [6.45, 7) is 4.83. The molecule has 0 saturated carbocycles. The van der Waals surface area contributed by atoms with E-state index >= 15 is 0 Å². The topological polar surface area (TPSA) is 53.9 Å². The van der Waals surface area contributed by atoms with E-state index in [1.807, 2.05) is 11.8 Å². The molecule has 1 aliphatic carbocycles. The second-order valence-corrected chi connectivity index (χ2v) is 6.38. The van der Waals surface area contributed by atoms with Crippen LogP contribution in [-0.2, 0) is 17.6 Å². The van der Waals surface area contributed by atoms with Crippen LogP contribution < -0.4 is 10.2 Å². The van der Waals surface area contributed by atoms with Crippen molar-refractivity contribution in [3.8, 4) is 0 Å². The normalized spacial score (nSPS) is 22.2. The first kappa shape index (κ1) is 14.5. The molecule has 1 aromatic rings. The molecule has 5 nitrogen and oxygen atoms in total. The number of benzene rings is 1. The van der Waals surface area contributed by atoms with Gasteiger partial charge in [-0.1, -0.05) is 12.1 Å². The minimum atomic E-state index is -0.210. The highest BCUT2D eigenvalue weighted by molar-refractivity contribution is 5.94. The Morgan fingerprint density at radius 1 is 1.43 bits per heavy atom. The minimum absolute atomic E-state index is 0.210. The van der Waals surface area contributed by atoms with Gasteiger partial charge in [0.05, 0.1) is 18.8 Å². The lowest BCUT2D eigenvalue weighted by Gasteiger charge is -2.29. The Morgan fingerprint density at radius 2 is 2.35 bits per heavy atom. The van der Waals surface area contributed by atoms with Crippen molar-refractivity contribution in [2.24, 2.45) is 4.99 Å². The van der Waals surface area contributed by atoms with E-state index in [9.17, 15) is 4.79 Å². The molecular formula is C18H23N3O2. The fourth-order valence-corrected chi connectivity index (χ4v) is 4.13. The van der Waals surface area contributed by atoms with Crippen LogP contribution >= 0.6 is 0 Å². The van der Waals surface area contributed by atoms with Crippen LogP contribution in [0.15, 0.2) is 17.1 Å². The molecule has 1 atom stereocenters. The van der Waals surface area contributed by atoms with Gasteiger partial charge in [-0.15, -0.1) is 0 Å². The second-order valence-electron chi connectivity index (χ2n) is 6.38. The predicted molar refractivity (Wildman–Crippen MR) is 90.5 cm³/mol. The number of nitrogens with zero attached hydrogens (tertiary/aromatic N) is 2. The van der Waals surface area contributed by atoms with Gasteiger partial charge >= 0.3 is 6.09 Å². The van der Waals surface area contributed by atoms with E-state index in [0.717, 1.165) is 56.8 Å². The third-order valence-electron chi connectivity index (χ3n) is 5.09. The molecule has 0 aromatic heterocycles. The van der Waals surface area contributed by atoms with Crippen LogP contribution in [0.3, 0.4) is 0 Å². The van der Waals surface area contributed by atoms with Gasteiger partial charge in [0.2, 0.25) is 0 Å². The number of hydrogen-bond acceptors (Lipinski definition) is 4. The summed E-state index contributed by atoms with van der Waals surface area (Å²) < 4.78 is 5.25. The van der Waals surface area contributed by atoms with Gasteiger partial charge in [-0.3, -0.25) is 9.89 Å². The molecule has 5 heteroatoms. The van der Waals surface area contributed by atoms with Crippen LogP contribution in [0, 0.1) is 0 Å². The van der Waals surface area contributed by atoms with E-state index < -0.39 is 0 Å². The fraction of sp³-hybridized carbons (Fsp3) is 0.556. The monoisotopic (exact) mass is 313 g/mol. The molecule has 0 radical (unpaired) electrons.